The minimum atomic E-state index is -0.675. The molecule has 2 heterocycles. The Morgan fingerprint density at radius 3 is 2.48 bits per heavy atom. The molecule has 2 aromatic carbocycles. The summed E-state index contributed by atoms with van der Waals surface area (Å²) in [6, 6.07) is 20.2. The zero-order chi connectivity index (χ0) is 23.3. The highest BCUT2D eigenvalue weighted by Crippen LogP contribution is 2.35. The van der Waals surface area contributed by atoms with Crippen LogP contribution in [0.1, 0.15) is 35.7 Å². The topological polar surface area (TPSA) is 88.3 Å². The number of benzene rings is 2. The van der Waals surface area contributed by atoms with E-state index in [1.165, 1.54) is 12.4 Å². The number of likely N-dealkylation sites (tertiary alicyclic amines) is 1. The average molecular weight is 443 g/mol. The number of piperidine rings is 1. The molecule has 0 radical (unpaired) electrons. The lowest BCUT2D eigenvalue weighted by atomic mass is 9.74. The van der Waals surface area contributed by atoms with Crippen LogP contribution in [-0.4, -0.2) is 41.3 Å². The Morgan fingerprint density at radius 1 is 1.06 bits per heavy atom. The van der Waals surface area contributed by atoms with Crippen molar-refractivity contribution in [3.8, 4) is 11.1 Å². The standard InChI is InChI=1S/C27H30N4O2/c1-2-30-26(33)27(16-20-9-11-22(12-10-20)21-7-4-3-5-8-21)13-6-14-31(19-27)25(32)23-15-24(28)18-29-17-23/h3-5,7-12,15,17-18H,2,6,13-14,16,19,28H2,1H3,(H,30,33). The molecule has 0 bridgehead atoms. The van der Waals surface area contributed by atoms with Gasteiger partial charge in [-0.25, -0.2) is 0 Å². The van der Waals surface area contributed by atoms with E-state index in [1.54, 1.807) is 11.0 Å². The maximum absolute atomic E-state index is 13.3. The van der Waals surface area contributed by atoms with Gasteiger partial charge in [0.15, 0.2) is 0 Å². The molecule has 1 aliphatic rings. The molecular formula is C27H30N4O2. The van der Waals surface area contributed by atoms with Gasteiger partial charge in [-0.05, 0) is 48.9 Å². The number of rotatable bonds is 6. The van der Waals surface area contributed by atoms with Crippen LogP contribution in [0.2, 0.25) is 0 Å². The second-order valence-electron chi connectivity index (χ2n) is 8.72. The van der Waals surface area contributed by atoms with E-state index in [1.807, 2.05) is 25.1 Å². The number of pyridine rings is 1. The van der Waals surface area contributed by atoms with Gasteiger partial charge >= 0.3 is 0 Å². The molecule has 4 rings (SSSR count). The summed E-state index contributed by atoms with van der Waals surface area (Å²) in [5.41, 5.74) is 9.44. The Kier molecular flexibility index (Phi) is 6.73. The molecule has 33 heavy (non-hydrogen) atoms. The normalized spacial score (nSPS) is 18.0. The van der Waals surface area contributed by atoms with Crippen LogP contribution in [0.25, 0.3) is 11.1 Å². The summed E-state index contributed by atoms with van der Waals surface area (Å²) in [6.07, 6.45) is 5.13. The first-order valence-corrected chi connectivity index (χ1v) is 11.4. The molecule has 2 amide bonds. The fourth-order valence-electron chi connectivity index (χ4n) is 4.66. The minimum absolute atomic E-state index is 0.000312. The summed E-state index contributed by atoms with van der Waals surface area (Å²) < 4.78 is 0. The molecule has 1 atom stereocenters. The van der Waals surface area contributed by atoms with Crippen molar-refractivity contribution >= 4 is 17.5 Å². The first-order chi connectivity index (χ1) is 16.0. The molecule has 170 valence electrons. The second kappa shape index (κ2) is 9.86. The van der Waals surface area contributed by atoms with Gasteiger partial charge in [-0.3, -0.25) is 14.6 Å². The van der Waals surface area contributed by atoms with Gasteiger partial charge in [-0.2, -0.15) is 0 Å². The lowest BCUT2D eigenvalue weighted by Gasteiger charge is -2.42. The van der Waals surface area contributed by atoms with Crippen LogP contribution < -0.4 is 11.1 Å². The number of nitrogen functional groups attached to an aromatic ring is 1. The zero-order valence-electron chi connectivity index (χ0n) is 19.0. The fourth-order valence-corrected chi connectivity index (χ4v) is 4.66. The van der Waals surface area contributed by atoms with Crippen molar-refractivity contribution in [1.82, 2.24) is 15.2 Å². The highest BCUT2D eigenvalue weighted by Gasteiger charge is 2.43. The number of hydrogen-bond acceptors (Lipinski definition) is 4. The summed E-state index contributed by atoms with van der Waals surface area (Å²) in [4.78, 5) is 32.3. The Balaban J connectivity index is 1.58. The van der Waals surface area contributed by atoms with Crippen LogP contribution in [0.4, 0.5) is 5.69 Å². The Hall–Kier alpha value is -3.67. The highest BCUT2D eigenvalue weighted by atomic mass is 16.2. The zero-order valence-corrected chi connectivity index (χ0v) is 19.0. The van der Waals surface area contributed by atoms with Crippen molar-refractivity contribution in [2.45, 2.75) is 26.2 Å². The van der Waals surface area contributed by atoms with E-state index in [2.05, 4.69) is 46.7 Å². The molecule has 1 aromatic heterocycles. The van der Waals surface area contributed by atoms with Crippen LogP contribution in [0.3, 0.4) is 0 Å². The number of nitrogens with one attached hydrogen (secondary N) is 1. The van der Waals surface area contributed by atoms with Crippen molar-refractivity contribution < 1.29 is 9.59 Å². The van der Waals surface area contributed by atoms with E-state index in [0.29, 0.717) is 37.3 Å². The van der Waals surface area contributed by atoms with Crippen LogP contribution in [-0.2, 0) is 11.2 Å². The molecular weight excluding hydrogens is 412 g/mol. The lowest BCUT2D eigenvalue weighted by molar-refractivity contribution is -0.133. The molecule has 1 unspecified atom stereocenters. The van der Waals surface area contributed by atoms with Crippen LogP contribution >= 0.6 is 0 Å². The first-order valence-electron chi connectivity index (χ1n) is 11.4. The van der Waals surface area contributed by atoms with E-state index < -0.39 is 5.41 Å². The summed E-state index contributed by atoms with van der Waals surface area (Å²) in [5, 5.41) is 3.01. The molecule has 1 aliphatic heterocycles. The lowest BCUT2D eigenvalue weighted by Crippen LogP contribution is -2.54. The fraction of sp³-hybridized carbons (Fsp3) is 0.296. The molecule has 3 N–H and O–H groups in total. The number of carbonyl (C=O) groups is 2. The highest BCUT2D eigenvalue weighted by molar-refractivity contribution is 5.95. The summed E-state index contributed by atoms with van der Waals surface area (Å²) in [7, 11) is 0. The van der Waals surface area contributed by atoms with Gasteiger partial charge in [0.2, 0.25) is 5.91 Å². The maximum Gasteiger partial charge on any atom is 0.255 e. The van der Waals surface area contributed by atoms with E-state index in [0.717, 1.165) is 29.5 Å². The molecule has 0 spiro atoms. The van der Waals surface area contributed by atoms with Gasteiger partial charge in [0, 0.05) is 32.0 Å². The number of amides is 2. The number of anilines is 1. The number of nitrogens with two attached hydrogens (primary N) is 1. The van der Waals surface area contributed by atoms with Gasteiger partial charge in [0.25, 0.3) is 5.91 Å². The van der Waals surface area contributed by atoms with Gasteiger partial charge < -0.3 is 16.0 Å². The Morgan fingerprint density at radius 2 is 1.79 bits per heavy atom. The molecule has 1 fully saturated rings. The van der Waals surface area contributed by atoms with E-state index in [-0.39, 0.29) is 11.8 Å². The third-order valence-electron chi connectivity index (χ3n) is 6.29. The van der Waals surface area contributed by atoms with E-state index in [4.69, 9.17) is 5.73 Å². The SMILES string of the molecule is CCNC(=O)C1(Cc2ccc(-c3ccccc3)cc2)CCCN(C(=O)c2cncc(N)c2)C1. The third-order valence-corrected chi connectivity index (χ3v) is 6.29. The number of hydrogen-bond donors (Lipinski definition) is 2. The van der Waals surface area contributed by atoms with Gasteiger partial charge in [-0.1, -0.05) is 54.6 Å². The van der Waals surface area contributed by atoms with Crippen molar-refractivity contribution in [3.63, 3.8) is 0 Å². The Bertz CT molecular complexity index is 1110. The third kappa shape index (κ3) is 5.06. The van der Waals surface area contributed by atoms with Crippen LogP contribution in [0.15, 0.2) is 73.1 Å². The number of carbonyl (C=O) groups excluding carboxylic acids is 2. The summed E-state index contributed by atoms with van der Waals surface area (Å²) in [5.74, 6) is -0.136. The predicted octanol–water partition coefficient (Wildman–Crippen LogP) is 3.93. The van der Waals surface area contributed by atoms with E-state index in [9.17, 15) is 9.59 Å². The molecule has 6 nitrogen and oxygen atoms in total. The monoisotopic (exact) mass is 442 g/mol. The Labute approximate surface area is 194 Å². The van der Waals surface area contributed by atoms with Crippen LogP contribution in [0.5, 0.6) is 0 Å². The van der Waals surface area contributed by atoms with Gasteiger partial charge in [-0.15, -0.1) is 0 Å². The first kappa shape index (κ1) is 22.5. The van der Waals surface area contributed by atoms with Crippen molar-refractivity contribution in [1.29, 1.82) is 0 Å². The molecule has 0 saturated carbocycles. The molecule has 1 saturated heterocycles. The van der Waals surface area contributed by atoms with Crippen molar-refractivity contribution in [2.75, 3.05) is 25.4 Å². The van der Waals surface area contributed by atoms with Gasteiger partial charge in [0.1, 0.15) is 0 Å². The summed E-state index contributed by atoms with van der Waals surface area (Å²) >= 11 is 0. The largest absolute Gasteiger partial charge is 0.397 e. The number of aromatic nitrogens is 1. The van der Waals surface area contributed by atoms with Crippen LogP contribution in [0, 0.1) is 5.41 Å². The van der Waals surface area contributed by atoms with Gasteiger partial charge in [0.05, 0.1) is 16.7 Å². The maximum atomic E-state index is 13.3. The quantitative estimate of drug-likeness (QED) is 0.605. The van der Waals surface area contributed by atoms with Crippen molar-refractivity contribution in [3.05, 3.63) is 84.2 Å². The smallest absolute Gasteiger partial charge is 0.255 e. The number of nitrogens with zero attached hydrogens (tertiary/aromatic N) is 2. The minimum Gasteiger partial charge on any atom is -0.397 e. The molecule has 3 aromatic rings. The second-order valence-corrected chi connectivity index (χ2v) is 8.72. The average Bonchev–Trinajstić information content (AvgIpc) is 2.85. The molecule has 6 heteroatoms. The van der Waals surface area contributed by atoms with Crippen molar-refractivity contribution in [2.24, 2.45) is 5.41 Å². The summed E-state index contributed by atoms with van der Waals surface area (Å²) in [6.45, 7) is 3.46. The molecule has 0 aliphatic carbocycles. The predicted molar refractivity (Wildman–Crippen MR) is 130 cm³/mol. The van der Waals surface area contributed by atoms with E-state index >= 15 is 0 Å².